The molecular weight excluding hydrogens is 347 g/mol. The van der Waals surface area contributed by atoms with Gasteiger partial charge in [0.15, 0.2) is 0 Å². The van der Waals surface area contributed by atoms with E-state index in [2.05, 4.69) is 14.9 Å². The lowest BCUT2D eigenvalue weighted by Gasteiger charge is -2.42. The Bertz CT molecular complexity index is 797. The molecule has 0 bridgehead atoms. The Morgan fingerprint density at radius 2 is 2.04 bits per heavy atom. The summed E-state index contributed by atoms with van der Waals surface area (Å²) in [6.07, 6.45) is 5.55. The molecule has 1 aromatic heterocycles. The lowest BCUT2D eigenvalue weighted by Crippen LogP contribution is -2.47. The Kier molecular flexibility index (Phi) is 5.70. The van der Waals surface area contributed by atoms with Gasteiger partial charge in [-0.1, -0.05) is 12.1 Å². The van der Waals surface area contributed by atoms with Gasteiger partial charge in [0.2, 0.25) is 0 Å². The number of carbonyl (C=O) groups is 1. The van der Waals surface area contributed by atoms with Crippen molar-refractivity contribution in [3.05, 3.63) is 53.7 Å². The Morgan fingerprint density at radius 1 is 1.30 bits per heavy atom. The SMILES string of the molecule is CN(C)C(=O)c1cncc(N2CCCC(CO)(Cc3ccc(F)cc3)C2)n1. The summed E-state index contributed by atoms with van der Waals surface area (Å²) in [5.74, 6) is 0.181. The Morgan fingerprint density at radius 3 is 2.70 bits per heavy atom. The smallest absolute Gasteiger partial charge is 0.273 e. The predicted octanol–water partition coefficient (Wildman–Crippen LogP) is 2.14. The monoisotopic (exact) mass is 372 g/mol. The summed E-state index contributed by atoms with van der Waals surface area (Å²) in [4.78, 5) is 24.4. The van der Waals surface area contributed by atoms with Gasteiger partial charge in [-0.15, -0.1) is 0 Å². The second-order valence-corrected chi connectivity index (χ2v) is 7.45. The molecule has 1 fully saturated rings. The van der Waals surface area contributed by atoms with Crippen LogP contribution in [0.15, 0.2) is 36.7 Å². The molecule has 27 heavy (non-hydrogen) atoms. The normalized spacial score (nSPS) is 19.8. The van der Waals surface area contributed by atoms with Crippen LogP contribution in [-0.2, 0) is 6.42 Å². The zero-order valence-electron chi connectivity index (χ0n) is 15.7. The molecule has 2 aromatic rings. The molecule has 1 unspecified atom stereocenters. The number of hydrogen-bond acceptors (Lipinski definition) is 5. The number of rotatable bonds is 5. The fourth-order valence-electron chi connectivity index (χ4n) is 3.61. The molecular formula is C20H25FN4O2. The lowest BCUT2D eigenvalue weighted by molar-refractivity contribution is 0.0821. The summed E-state index contributed by atoms with van der Waals surface area (Å²) in [7, 11) is 3.36. The highest BCUT2D eigenvalue weighted by Gasteiger charge is 2.36. The Balaban J connectivity index is 1.81. The molecule has 0 radical (unpaired) electrons. The molecule has 1 aliphatic heterocycles. The van der Waals surface area contributed by atoms with E-state index in [4.69, 9.17) is 0 Å². The highest BCUT2D eigenvalue weighted by molar-refractivity contribution is 5.91. The van der Waals surface area contributed by atoms with Crippen LogP contribution in [0.3, 0.4) is 0 Å². The van der Waals surface area contributed by atoms with Crippen molar-refractivity contribution in [1.29, 1.82) is 0 Å². The molecule has 1 saturated heterocycles. The molecule has 6 nitrogen and oxygen atoms in total. The summed E-state index contributed by atoms with van der Waals surface area (Å²) in [6.45, 7) is 1.43. The van der Waals surface area contributed by atoms with Gasteiger partial charge in [0.05, 0.1) is 19.0 Å². The first-order valence-corrected chi connectivity index (χ1v) is 9.06. The maximum absolute atomic E-state index is 13.2. The molecule has 1 aromatic carbocycles. The maximum Gasteiger partial charge on any atom is 0.273 e. The van der Waals surface area contributed by atoms with Crippen LogP contribution < -0.4 is 4.90 Å². The lowest BCUT2D eigenvalue weighted by atomic mass is 9.76. The van der Waals surface area contributed by atoms with E-state index in [9.17, 15) is 14.3 Å². The highest BCUT2D eigenvalue weighted by atomic mass is 19.1. The van der Waals surface area contributed by atoms with Crippen LogP contribution >= 0.6 is 0 Å². The fraction of sp³-hybridized carbons (Fsp3) is 0.450. The van der Waals surface area contributed by atoms with Crippen molar-refractivity contribution in [3.63, 3.8) is 0 Å². The predicted molar refractivity (Wildman–Crippen MR) is 101 cm³/mol. The molecule has 7 heteroatoms. The average Bonchev–Trinajstić information content (AvgIpc) is 2.69. The molecule has 3 rings (SSSR count). The van der Waals surface area contributed by atoms with Gasteiger partial charge in [-0.25, -0.2) is 9.37 Å². The van der Waals surface area contributed by atoms with Crippen LogP contribution in [-0.4, -0.2) is 59.7 Å². The van der Waals surface area contributed by atoms with Gasteiger partial charge >= 0.3 is 0 Å². The number of carbonyl (C=O) groups excluding carboxylic acids is 1. The Hall–Kier alpha value is -2.54. The molecule has 0 saturated carbocycles. The molecule has 1 N–H and O–H groups in total. The van der Waals surface area contributed by atoms with Gasteiger partial charge in [0, 0.05) is 32.6 Å². The number of amides is 1. The standard InChI is InChI=1S/C20H25FN4O2/c1-24(2)19(27)17-11-22-12-18(23-17)25-9-3-8-20(13-25,14-26)10-15-4-6-16(21)7-5-15/h4-7,11-12,26H,3,8-10,13-14H2,1-2H3. The largest absolute Gasteiger partial charge is 0.396 e. The molecule has 0 aliphatic carbocycles. The second-order valence-electron chi connectivity index (χ2n) is 7.45. The summed E-state index contributed by atoms with van der Waals surface area (Å²) in [5, 5.41) is 10.1. The number of aromatic nitrogens is 2. The van der Waals surface area contributed by atoms with Crippen LogP contribution in [0.25, 0.3) is 0 Å². The van der Waals surface area contributed by atoms with E-state index in [-0.39, 0.29) is 23.7 Å². The van der Waals surface area contributed by atoms with Crippen molar-refractivity contribution in [2.24, 2.45) is 5.41 Å². The highest BCUT2D eigenvalue weighted by Crippen LogP contribution is 2.35. The molecule has 0 spiro atoms. The number of hydrogen-bond donors (Lipinski definition) is 1. The first-order chi connectivity index (χ1) is 12.9. The zero-order chi connectivity index (χ0) is 19.4. The van der Waals surface area contributed by atoms with Crippen LogP contribution in [0.1, 0.15) is 28.9 Å². The van der Waals surface area contributed by atoms with E-state index in [0.29, 0.717) is 24.5 Å². The second kappa shape index (κ2) is 8.00. The van der Waals surface area contributed by atoms with Crippen LogP contribution in [0.4, 0.5) is 10.2 Å². The van der Waals surface area contributed by atoms with Crippen molar-refractivity contribution < 1.29 is 14.3 Å². The molecule has 1 aliphatic rings. The third-order valence-electron chi connectivity index (χ3n) is 5.06. The van der Waals surface area contributed by atoms with E-state index < -0.39 is 0 Å². The minimum absolute atomic E-state index is 0.0324. The number of halogens is 1. The number of nitrogens with zero attached hydrogens (tertiary/aromatic N) is 4. The third kappa shape index (κ3) is 4.42. The van der Waals surface area contributed by atoms with E-state index >= 15 is 0 Å². The topological polar surface area (TPSA) is 69.6 Å². The van der Waals surface area contributed by atoms with Crippen molar-refractivity contribution in [2.75, 3.05) is 38.7 Å². The van der Waals surface area contributed by atoms with Crippen LogP contribution in [0.2, 0.25) is 0 Å². The van der Waals surface area contributed by atoms with Gasteiger partial charge in [-0.05, 0) is 37.0 Å². The van der Waals surface area contributed by atoms with Gasteiger partial charge in [0.1, 0.15) is 17.3 Å². The number of benzene rings is 1. The van der Waals surface area contributed by atoms with Gasteiger partial charge in [-0.3, -0.25) is 9.78 Å². The first kappa shape index (κ1) is 19.2. The maximum atomic E-state index is 13.2. The third-order valence-corrected chi connectivity index (χ3v) is 5.06. The van der Waals surface area contributed by atoms with Crippen molar-refractivity contribution in [3.8, 4) is 0 Å². The summed E-state index contributed by atoms with van der Waals surface area (Å²) in [5.41, 5.74) is 0.963. The van der Waals surface area contributed by atoms with Gasteiger partial charge < -0.3 is 14.9 Å². The molecule has 1 amide bonds. The number of aliphatic hydroxyl groups is 1. The van der Waals surface area contributed by atoms with Crippen LogP contribution in [0, 0.1) is 11.2 Å². The summed E-state index contributed by atoms with van der Waals surface area (Å²) in [6, 6.07) is 6.43. The van der Waals surface area contributed by atoms with E-state index in [0.717, 1.165) is 24.9 Å². The van der Waals surface area contributed by atoms with Gasteiger partial charge in [0.25, 0.3) is 5.91 Å². The number of anilines is 1. The number of piperidine rings is 1. The summed E-state index contributed by atoms with van der Waals surface area (Å²) < 4.78 is 13.2. The first-order valence-electron chi connectivity index (χ1n) is 9.06. The minimum atomic E-state index is -0.334. The quantitative estimate of drug-likeness (QED) is 0.871. The average molecular weight is 372 g/mol. The van der Waals surface area contributed by atoms with E-state index in [1.807, 2.05) is 0 Å². The fourth-order valence-corrected chi connectivity index (χ4v) is 3.61. The number of aliphatic hydroxyl groups excluding tert-OH is 1. The van der Waals surface area contributed by atoms with E-state index in [1.54, 1.807) is 32.4 Å². The molecule has 1 atom stereocenters. The van der Waals surface area contributed by atoms with Crippen molar-refractivity contribution in [2.45, 2.75) is 19.3 Å². The molecule has 144 valence electrons. The van der Waals surface area contributed by atoms with E-state index in [1.165, 1.54) is 23.2 Å². The van der Waals surface area contributed by atoms with Crippen molar-refractivity contribution in [1.82, 2.24) is 14.9 Å². The Labute approximate surface area is 158 Å². The zero-order valence-corrected chi connectivity index (χ0v) is 15.7. The van der Waals surface area contributed by atoms with Gasteiger partial charge in [-0.2, -0.15) is 0 Å². The minimum Gasteiger partial charge on any atom is -0.396 e. The molecule has 2 heterocycles. The summed E-state index contributed by atoms with van der Waals surface area (Å²) >= 11 is 0. The van der Waals surface area contributed by atoms with Crippen LogP contribution in [0.5, 0.6) is 0 Å². The van der Waals surface area contributed by atoms with Crippen molar-refractivity contribution >= 4 is 11.7 Å².